The van der Waals surface area contributed by atoms with Crippen LogP contribution in [0.2, 0.25) is 0 Å². The number of carbonyl (C=O) groups is 1. The minimum Gasteiger partial charge on any atom is -0.349 e. The summed E-state index contributed by atoms with van der Waals surface area (Å²) < 4.78 is 39.6. The van der Waals surface area contributed by atoms with E-state index in [2.05, 4.69) is 15.5 Å². The molecule has 2 aromatic heterocycles. The van der Waals surface area contributed by atoms with Gasteiger partial charge in [-0.3, -0.25) is 9.20 Å². The van der Waals surface area contributed by atoms with E-state index in [4.69, 9.17) is 0 Å². The second-order valence-electron chi connectivity index (χ2n) is 6.23. The van der Waals surface area contributed by atoms with Gasteiger partial charge in [0.25, 0.3) is 0 Å². The molecule has 1 amide bonds. The van der Waals surface area contributed by atoms with Crippen LogP contribution in [0.25, 0.3) is 5.65 Å². The average molecular weight is 340 g/mol. The van der Waals surface area contributed by atoms with Crippen LogP contribution < -0.4 is 5.32 Å². The summed E-state index contributed by atoms with van der Waals surface area (Å²) in [5, 5.41) is 10.4. The summed E-state index contributed by atoms with van der Waals surface area (Å²) in [5.74, 6) is 0.801. The number of nitrogens with zero attached hydrogens (tertiary/aromatic N) is 3. The van der Waals surface area contributed by atoms with Gasteiger partial charge in [0.1, 0.15) is 0 Å². The Balaban J connectivity index is 1.61. The van der Waals surface area contributed by atoms with E-state index in [1.807, 2.05) is 0 Å². The fraction of sp³-hybridized carbons (Fsp3) is 0.562. The SMILES string of the molecule is O=C(CCC1CCCC1)NCc1nnc2ccc(C(F)(F)F)cn12. The Bertz CT molecular complexity index is 720. The summed E-state index contributed by atoms with van der Waals surface area (Å²) in [6.07, 6.45) is 2.67. The lowest BCUT2D eigenvalue weighted by Crippen LogP contribution is -2.24. The van der Waals surface area contributed by atoms with Gasteiger partial charge in [-0.2, -0.15) is 13.2 Å². The quantitative estimate of drug-likeness (QED) is 0.908. The van der Waals surface area contributed by atoms with E-state index >= 15 is 0 Å². The number of hydrogen-bond donors (Lipinski definition) is 1. The molecular weight excluding hydrogens is 321 g/mol. The van der Waals surface area contributed by atoms with Crippen molar-refractivity contribution >= 4 is 11.6 Å². The number of nitrogens with one attached hydrogen (secondary N) is 1. The Morgan fingerprint density at radius 2 is 2.00 bits per heavy atom. The zero-order valence-electron chi connectivity index (χ0n) is 13.1. The second kappa shape index (κ2) is 6.78. The van der Waals surface area contributed by atoms with Gasteiger partial charge in [-0.05, 0) is 24.5 Å². The molecule has 0 aromatic carbocycles. The van der Waals surface area contributed by atoms with Crippen molar-refractivity contribution in [1.29, 1.82) is 0 Å². The molecule has 0 atom stereocenters. The molecule has 3 rings (SSSR count). The van der Waals surface area contributed by atoms with Crippen LogP contribution in [0.15, 0.2) is 18.3 Å². The van der Waals surface area contributed by atoms with Gasteiger partial charge in [-0.25, -0.2) is 0 Å². The molecular formula is C16H19F3N4O. The Hall–Kier alpha value is -2.12. The number of hydrogen-bond acceptors (Lipinski definition) is 3. The molecule has 0 saturated heterocycles. The van der Waals surface area contributed by atoms with Gasteiger partial charge in [0, 0.05) is 12.6 Å². The standard InChI is InChI=1S/C16H19F3N4O/c17-16(18,19)12-6-7-13-21-22-14(23(13)10-12)9-20-15(24)8-5-11-3-1-2-4-11/h6-7,10-11H,1-5,8-9H2,(H,20,24). The number of pyridine rings is 1. The highest BCUT2D eigenvalue weighted by atomic mass is 19.4. The molecule has 130 valence electrons. The van der Waals surface area contributed by atoms with Gasteiger partial charge >= 0.3 is 6.18 Å². The number of halogens is 3. The minimum absolute atomic E-state index is 0.0615. The maximum absolute atomic E-state index is 12.8. The van der Waals surface area contributed by atoms with Crippen LogP contribution in [-0.4, -0.2) is 20.5 Å². The summed E-state index contributed by atoms with van der Waals surface area (Å²) in [7, 11) is 0. The molecule has 0 bridgehead atoms. The van der Waals surface area contributed by atoms with E-state index < -0.39 is 11.7 Å². The van der Waals surface area contributed by atoms with Crippen LogP contribution in [0.5, 0.6) is 0 Å². The van der Waals surface area contributed by atoms with Crippen molar-refractivity contribution in [2.75, 3.05) is 0 Å². The molecule has 1 aliphatic rings. The summed E-state index contributed by atoms with van der Waals surface area (Å²) in [4.78, 5) is 11.9. The van der Waals surface area contributed by atoms with Crippen LogP contribution in [0.4, 0.5) is 13.2 Å². The van der Waals surface area contributed by atoms with Crippen molar-refractivity contribution < 1.29 is 18.0 Å². The number of carbonyl (C=O) groups excluding carboxylic acids is 1. The van der Waals surface area contributed by atoms with Crippen molar-refractivity contribution in [3.05, 3.63) is 29.7 Å². The van der Waals surface area contributed by atoms with E-state index in [0.29, 0.717) is 18.0 Å². The predicted octanol–water partition coefficient (Wildman–Crippen LogP) is 3.33. The zero-order chi connectivity index (χ0) is 17.2. The van der Waals surface area contributed by atoms with Crippen LogP contribution in [0.1, 0.15) is 49.9 Å². The van der Waals surface area contributed by atoms with Gasteiger partial charge in [0.2, 0.25) is 5.91 Å². The number of fused-ring (bicyclic) bond motifs is 1. The summed E-state index contributed by atoms with van der Waals surface area (Å²) in [5.41, 5.74) is -0.457. The highest BCUT2D eigenvalue weighted by Gasteiger charge is 2.31. The monoisotopic (exact) mass is 340 g/mol. The molecule has 24 heavy (non-hydrogen) atoms. The third-order valence-electron chi connectivity index (χ3n) is 4.50. The molecule has 1 N–H and O–H groups in total. The third kappa shape index (κ3) is 3.85. The van der Waals surface area contributed by atoms with E-state index in [0.717, 1.165) is 18.7 Å². The van der Waals surface area contributed by atoms with Crippen molar-refractivity contribution in [2.45, 2.75) is 51.2 Å². The molecule has 0 unspecified atom stereocenters. The Morgan fingerprint density at radius 1 is 1.25 bits per heavy atom. The van der Waals surface area contributed by atoms with E-state index in [9.17, 15) is 18.0 Å². The first kappa shape index (κ1) is 16.7. The number of rotatable bonds is 5. The average Bonchev–Trinajstić information content (AvgIpc) is 3.19. The Labute approximate surface area is 137 Å². The number of alkyl halides is 3. The fourth-order valence-electron chi connectivity index (χ4n) is 3.13. The molecule has 5 nitrogen and oxygen atoms in total. The number of amides is 1. The fourth-order valence-corrected chi connectivity index (χ4v) is 3.13. The lowest BCUT2D eigenvalue weighted by atomic mass is 10.0. The van der Waals surface area contributed by atoms with E-state index in [1.165, 1.54) is 36.2 Å². The summed E-state index contributed by atoms with van der Waals surface area (Å²) in [6.45, 7) is 0.0615. The molecule has 1 saturated carbocycles. The molecule has 8 heteroatoms. The molecule has 1 fully saturated rings. The predicted molar refractivity (Wildman–Crippen MR) is 81.0 cm³/mol. The number of aromatic nitrogens is 3. The molecule has 0 spiro atoms. The van der Waals surface area contributed by atoms with Crippen molar-refractivity contribution in [2.24, 2.45) is 5.92 Å². The van der Waals surface area contributed by atoms with Crippen LogP contribution in [0, 0.1) is 5.92 Å². The zero-order valence-corrected chi connectivity index (χ0v) is 13.1. The van der Waals surface area contributed by atoms with Gasteiger partial charge in [-0.1, -0.05) is 25.7 Å². The summed E-state index contributed by atoms with van der Waals surface area (Å²) >= 11 is 0. The highest BCUT2D eigenvalue weighted by molar-refractivity contribution is 5.75. The van der Waals surface area contributed by atoms with Gasteiger partial charge in [0.05, 0.1) is 12.1 Å². The first-order valence-corrected chi connectivity index (χ1v) is 8.11. The first-order valence-electron chi connectivity index (χ1n) is 8.11. The maximum atomic E-state index is 12.8. The van der Waals surface area contributed by atoms with E-state index in [-0.39, 0.29) is 18.3 Å². The third-order valence-corrected chi connectivity index (χ3v) is 4.50. The van der Waals surface area contributed by atoms with Crippen molar-refractivity contribution in [1.82, 2.24) is 19.9 Å². The molecule has 0 aliphatic heterocycles. The highest BCUT2D eigenvalue weighted by Crippen LogP contribution is 2.29. The van der Waals surface area contributed by atoms with Gasteiger partial charge in [-0.15, -0.1) is 10.2 Å². The van der Waals surface area contributed by atoms with Gasteiger partial charge in [0.15, 0.2) is 11.5 Å². The molecule has 2 aromatic rings. The smallest absolute Gasteiger partial charge is 0.349 e. The Kier molecular flexibility index (Phi) is 4.73. The van der Waals surface area contributed by atoms with Gasteiger partial charge < -0.3 is 5.32 Å². The maximum Gasteiger partial charge on any atom is 0.417 e. The van der Waals surface area contributed by atoms with Crippen LogP contribution >= 0.6 is 0 Å². The lowest BCUT2D eigenvalue weighted by molar-refractivity contribution is -0.137. The normalized spacial score (nSPS) is 16.0. The largest absolute Gasteiger partial charge is 0.417 e. The van der Waals surface area contributed by atoms with E-state index in [1.54, 1.807) is 0 Å². The Morgan fingerprint density at radius 3 is 2.71 bits per heavy atom. The van der Waals surface area contributed by atoms with Crippen LogP contribution in [0.3, 0.4) is 0 Å². The molecule has 1 aliphatic carbocycles. The molecule has 2 heterocycles. The lowest BCUT2D eigenvalue weighted by Gasteiger charge is -2.09. The molecule has 0 radical (unpaired) electrons. The van der Waals surface area contributed by atoms with Crippen molar-refractivity contribution in [3.63, 3.8) is 0 Å². The van der Waals surface area contributed by atoms with Crippen LogP contribution in [-0.2, 0) is 17.5 Å². The first-order chi connectivity index (χ1) is 11.4. The van der Waals surface area contributed by atoms with Crippen molar-refractivity contribution in [3.8, 4) is 0 Å². The second-order valence-corrected chi connectivity index (χ2v) is 6.23. The minimum atomic E-state index is -4.43. The summed E-state index contributed by atoms with van der Waals surface area (Å²) in [6, 6.07) is 2.23. The topological polar surface area (TPSA) is 59.3 Å².